The van der Waals surface area contributed by atoms with E-state index in [-0.39, 0.29) is 21.5 Å². The van der Waals surface area contributed by atoms with Gasteiger partial charge in [0.05, 0.1) is 15.7 Å². The van der Waals surface area contributed by atoms with Gasteiger partial charge in [-0.2, -0.15) is 0 Å². The summed E-state index contributed by atoms with van der Waals surface area (Å²) < 4.78 is 27.8. The predicted molar refractivity (Wildman–Crippen MR) is 68.9 cm³/mol. The van der Waals surface area contributed by atoms with Gasteiger partial charge in [0.15, 0.2) is 0 Å². The van der Waals surface area contributed by atoms with E-state index in [9.17, 15) is 8.78 Å². The molecule has 94 valence electrons. The van der Waals surface area contributed by atoms with Crippen molar-refractivity contribution in [1.29, 1.82) is 0 Å². The van der Waals surface area contributed by atoms with Gasteiger partial charge in [-0.15, -0.1) is 0 Å². The highest BCUT2D eigenvalue weighted by Gasteiger charge is 2.16. The molecule has 18 heavy (non-hydrogen) atoms. The van der Waals surface area contributed by atoms with Crippen molar-refractivity contribution < 1.29 is 8.78 Å². The molecule has 2 rings (SSSR count). The van der Waals surface area contributed by atoms with Gasteiger partial charge in [0, 0.05) is 12.5 Å². The lowest BCUT2D eigenvalue weighted by molar-refractivity contribution is 0.584. The summed E-state index contributed by atoms with van der Waals surface area (Å²) >= 11 is 3.02. The number of halogens is 3. The van der Waals surface area contributed by atoms with Crippen molar-refractivity contribution in [3.8, 4) is 11.3 Å². The summed E-state index contributed by atoms with van der Waals surface area (Å²) in [6, 6.07) is 3.83. The summed E-state index contributed by atoms with van der Waals surface area (Å²) in [7, 11) is 0. The lowest BCUT2D eigenvalue weighted by Crippen LogP contribution is -2.02. The van der Waals surface area contributed by atoms with E-state index < -0.39 is 11.6 Å². The standard InChI is InChI=1S/C12H10BrF2N3/c1-2-10-17-8(5-9(16)18-10)11-7(14)4-3-6(13)12(11)15/h3-5H,2H2,1H3,(H2,16,17,18). The van der Waals surface area contributed by atoms with Crippen LogP contribution in [0, 0.1) is 11.6 Å². The number of benzene rings is 1. The quantitative estimate of drug-likeness (QED) is 0.865. The van der Waals surface area contributed by atoms with Crippen LogP contribution in [0.25, 0.3) is 11.3 Å². The summed E-state index contributed by atoms with van der Waals surface area (Å²) in [6.07, 6.45) is 0.537. The van der Waals surface area contributed by atoms with Crippen LogP contribution in [0.2, 0.25) is 0 Å². The van der Waals surface area contributed by atoms with Crippen LogP contribution >= 0.6 is 15.9 Å². The largest absolute Gasteiger partial charge is 0.384 e. The van der Waals surface area contributed by atoms with Crippen LogP contribution in [0.3, 0.4) is 0 Å². The van der Waals surface area contributed by atoms with E-state index in [0.717, 1.165) is 0 Å². The number of nitrogen functional groups attached to an aromatic ring is 1. The van der Waals surface area contributed by atoms with Crippen LogP contribution in [0.4, 0.5) is 14.6 Å². The van der Waals surface area contributed by atoms with E-state index >= 15 is 0 Å². The minimum Gasteiger partial charge on any atom is -0.384 e. The number of hydrogen-bond donors (Lipinski definition) is 1. The maximum atomic E-state index is 13.9. The average Bonchev–Trinajstić information content (AvgIpc) is 2.34. The van der Waals surface area contributed by atoms with Gasteiger partial charge in [-0.1, -0.05) is 6.92 Å². The van der Waals surface area contributed by atoms with Crippen LogP contribution in [0.15, 0.2) is 22.7 Å². The SMILES string of the molecule is CCc1nc(N)cc(-c2c(F)ccc(Br)c2F)n1. The fraction of sp³-hybridized carbons (Fsp3) is 0.167. The summed E-state index contributed by atoms with van der Waals surface area (Å²) in [6.45, 7) is 1.84. The van der Waals surface area contributed by atoms with Gasteiger partial charge >= 0.3 is 0 Å². The minimum atomic E-state index is -0.699. The zero-order chi connectivity index (χ0) is 13.3. The number of nitrogens with two attached hydrogens (primary N) is 1. The van der Waals surface area contributed by atoms with Gasteiger partial charge < -0.3 is 5.73 Å². The van der Waals surface area contributed by atoms with Crippen LogP contribution in [-0.4, -0.2) is 9.97 Å². The molecular formula is C12H10BrF2N3. The van der Waals surface area contributed by atoms with Gasteiger partial charge in [0.1, 0.15) is 23.3 Å². The van der Waals surface area contributed by atoms with Gasteiger partial charge in [-0.3, -0.25) is 0 Å². The smallest absolute Gasteiger partial charge is 0.149 e. The summed E-state index contributed by atoms with van der Waals surface area (Å²) in [5, 5.41) is 0. The Labute approximate surface area is 111 Å². The van der Waals surface area contributed by atoms with Crippen LogP contribution in [0.5, 0.6) is 0 Å². The Balaban J connectivity index is 2.69. The van der Waals surface area contributed by atoms with E-state index in [1.54, 1.807) is 0 Å². The molecule has 2 N–H and O–H groups in total. The molecule has 1 aromatic carbocycles. The average molecular weight is 314 g/mol. The third-order valence-corrected chi connectivity index (χ3v) is 3.02. The molecule has 0 radical (unpaired) electrons. The number of rotatable bonds is 2. The van der Waals surface area contributed by atoms with E-state index in [2.05, 4.69) is 25.9 Å². The zero-order valence-electron chi connectivity index (χ0n) is 9.54. The monoisotopic (exact) mass is 313 g/mol. The van der Waals surface area contributed by atoms with Crippen molar-refractivity contribution >= 4 is 21.7 Å². The first kappa shape index (κ1) is 12.9. The lowest BCUT2D eigenvalue weighted by Gasteiger charge is -2.08. The minimum absolute atomic E-state index is 0.149. The highest BCUT2D eigenvalue weighted by Crippen LogP contribution is 2.30. The second kappa shape index (κ2) is 4.97. The summed E-state index contributed by atoms with van der Waals surface area (Å²) in [5.41, 5.74) is 5.55. The maximum Gasteiger partial charge on any atom is 0.149 e. The molecule has 0 aliphatic heterocycles. The molecule has 0 bridgehead atoms. The Morgan fingerprint density at radius 2 is 2.00 bits per heavy atom. The van der Waals surface area contributed by atoms with E-state index in [1.807, 2.05) is 6.92 Å². The molecule has 3 nitrogen and oxygen atoms in total. The number of aryl methyl sites for hydroxylation is 1. The Hall–Kier alpha value is -1.56. The molecule has 2 aromatic rings. The Bertz CT molecular complexity index is 602. The maximum absolute atomic E-state index is 13.9. The molecule has 0 unspecified atom stereocenters. The Morgan fingerprint density at radius 1 is 1.28 bits per heavy atom. The topological polar surface area (TPSA) is 51.8 Å². The second-order valence-corrected chi connectivity index (χ2v) is 4.52. The first-order valence-corrected chi connectivity index (χ1v) is 6.09. The van der Waals surface area contributed by atoms with E-state index in [0.29, 0.717) is 12.2 Å². The number of aromatic nitrogens is 2. The van der Waals surface area contributed by atoms with Crippen molar-refractivity contribution in [1.82, 2.24) is 9.97 Å². The van der Waals surface area contributed by atoms with Crippen LogP contribution < -0.4 is 5.73 Å². The normalized spacial score (nSPS) is 10.7. The van der Waals surface area contributed by atoms with E-state index in [4.69, 9.17) is 5.73 Å². The molecule has 1 aromatic heterocycles. The van der Waals surface area contributed by atoms with E-state index in [1.165, 1.54) is 18.2 Å². The van der Waals surface area contributed by atoms with Crippen molar-refractivity contribution in [2.45, 2.75) is 13.3 Å². The molecule has 0 fully saturated rings. The fourth-order valence-corrected chi connectivity index (χ4v) is 1.90. The first-order valence-electron chi connectivity index (χ1n) is 5.30. The van der Waals surface area contributed by atoms with Crippen LogP contribution in [-0.2, 0) is 6.42 Å². The van der Waals surface area contributed by atoms with Gasteiger partial charge in [0.2, 0.25) is 0 Å². The summed E-state index contributed by atoms with van der Waals surface area (Å²) in [4.78, 5) is 8.06. The highest BCUT2D eigenvalue weighted by molar-refractivity contribution is 9.10. The molecule has 0 saturated heterocycles. The molecule has 1 heterocycles. The molecule has 0 atom stereocenters. The lowest BCUT2D eigenvalue weighted by atomic mass is 10.1. The molecular weight excluding hydrogens is 304 g/mol. The molecule has 0 aliphatic rings. The van der Waals surface area contributed by atoms with Crippen molar-refractivity contribution in [3.63, 3.8) is 0 Å². The summed E-state index contributed by atoms with van der Waals surface area (Å²) in [5.74, 6) is -0.745. The zero-order valence-corrected chi connectivity index (χ0v) is 11.1. The number of hydrogen-bond acceptors (Lipinski definition) is 3. The first-order chi connectivity index (χ1) is 8.52. The molecule has 0 amide bonds. The van der Waals surface area contributed by atoms with Crippen molar-refractivity contribution in [3.05, 3.63) is 40.1 Å². The van der Waals surface area contributed by atoms with Gasteiger partial charge in [0.25, 0.3) is 0 Å². The highest BCUT2D eigenvalue weighted by atomic mass is 79.9. The van der Waals surface area contributed by atoms with Crippen molar-refractivity contribution in [2.75, 3.05) is 5.73 Å². The number of anilines is 1. The van der Waals surface area contributed by atoms with Crippen LogP contribution in [0.1, 0.15) is 12.7 Å². The van der Waals surface area contributed by atoms with Gasteiger partial charge in [-0.05, 0) is 28.1 Å². The van der Waals surface area contributed by atoms with Crippen molar-refractivity contribution in [2.24, 2.45) is 0 Å². The predicted octanol–water partition coefficient (Wildman–Crippen LogP) is 3.33. The Kier molecular flexibility index (Phi) is 3.56. The van der Waals surface area contributed by atoms with Gasteiger partial charge in [-0.25, -0.2) is 18.7 Å². The molecule has 6 heteroatoms. The fourth-order valence-electron chi connectivity index (χ4n) is 1.57. The third-order valence-electron chi connectivity index (χ3n) is 2.41. The Morgan fingerprint density at radius 3 is 2.67 bits per heavy atom. The molecule has 0 aliphatic carbocycles. The number of nitrogens with zero attached hydrogens (tertiary/aromatic N) is 2. The molecule has 0 saturated carbocycles. The second-order valence-electron chi connectivity index (χ2n) is 3.67. The molecule has 0 spiro atoms. The third kappa shape index (κ3) is 2.33.